The lowest BCUT2D eigenvalue weighted by Gasteiger charge is -2.41. The van der Waals surface area contributed by atoms with Gasteiger partial charge in [0.25, 0.3) is 0 Å². The van der Waals surface area contributed by atoms with E-state index in [2.05, 4.69) is 11.8 Å². The Labute approximate surface area is 114 Å². The van der Waals surface area contributed by atoms with E-state index < -0.39 is 15.8 Å². The summed E-state index contributed by atoms with van der Waals surface area (Å²) in [6, 6.07) is -0.0727. The van der Waals surface area contributed by atoms with Crippen LogP contribution in [0.1, 0.15) is 39.0 Å². The lowest BCUT2D eigenvalue weighted by Crippen LogP contribution is -2.53. The fourth-order valence-corrected chi connectivity index (χ4v) is 4.75. The lowest BCUT2D eigenvalue weighted by atomic mass is 9.80. The summed E-state index contributed by atoms with van der Waals surface area (Å²) in [5.74, 6) is -0.00570. The third kappa shape index (κ3) is 3.92. The van der Waals surface area contributed by atoms with E-state index in [4.69, 9.17) is 5.11 Å². The third-order valence-corrected chi connectivity index (χ3v) is 6.15. The van der Waals surface area contributed by atoms with E-state index in [0.29, 0.717) is 6.54 Å². The summed E-state index contributed by atoms with van der Waals surface area (Å²) < 4.78 is 23.4. The summed E-state index contributed by atoms with van der Waals surface area (Å²) in [5, 5.41) is 8.95. The zero-order valence-corrected chi connectivity index (χ0v) is 12.2. The van der Waals surface area contributed by atoms with Gasteiger partial charge >= 0.3 is 5.97 Å². The fraction of sp³-hybridized carbons (Fsp3) is 0.923. The molecule has 2 fully saturated rings. The van der Waals surface area contributed by atoms with Crippen LogP contribution in [0, 0.1) is 5.92 Å². The Morgan fingerprint density at radius 2 is 2.11 bits per heavy atom. The molecule has 0 bridgehead atoms. The maximum absolute atomic E-state index is 11.7. The average Bonchev–Trinajstić information content (AvgIpc) is 2.21. The molecule has 1 heterocycles. The molecule has 0 amide bonds. The van der Waals surface area contributed by atoms with Crippen molar-refractivity contribution >= 4 is 15.8 Å². The van der Waals surface area contributed by atoms with E-state index in [1.165, 1.54) is 19.3 Å². The van der Waals surface area contributed by atoms with E-state index in [-0.39, 0.29) is 30.0 Å². The summed E-state index contributed by atoms with van der Waals surface area (Å²) in [5.41, 5.74) is 0. The smallest absolute Gasteiger partial charge is 0.304 e. The van der Waals surface area contributed by atoms with Crippen molar-refractivity contribution in [2.24, 2.45) is 5.92 Å². The predicted molar refractivity (Wildman–Crippen MR) is 72.8 cm³/mol. The molecule has 2 rings (SSSR count). The van der Waals surface area contributed by atoms with Crippen LogP contribution in [-0.4, -0.2) is 54.5 Å². The van der Waals surface area contributed by atoms with Gasteiger partial charge in [-0.05, 0) is 19.3 Å². The molecule has 2 unspecified atom stereocenters. The number of rotatable bonds is 5. The maximum Gasteiger partial charge on any atom is 0.304 e. The van der Waals surface area contributed by atoms with Crippen molar-refractivity contribution < 1.29 is 18.3 Å². The highest BCUT2D eigenvalue weighted by Crippen LogP contribution is 2.32. The van der Waals surface area contributed by atoms with Gasteiger partial charge in [0, 0.05) is 18.6 Å². The highest BCUT2D eigenvalue weighted by Gasteiger charge is 2.36. The summed E-state index contributed by atoms with van der Waals surface area (Å²) in [4.78, 5) is 13.0. The molecule has 5 nitrogen and oxygen atoms in total. The van der Waals surface area contributed by atoms with E-state index in [9.17, 15) is 13.2 Å². The molecule has 0 aromatic rings. The Kier molecular flexibility index (Phi) is 4.50. The summed E-state index contributed by atoms with van der Waals surface area (Å²) in [6.45, 7) is 2.58. The van der Waals surface area contributed by atoms with Crippen LogP contribution >= 0.6 is 0 Å². The molecule has 1 aliphatic heterocycles. The van der Waals surface area contributed by atoms with E-state index in [1.54, 1.807) is 0 Å². The van der Waals surface area contributed by atoms with Crippen LogP contribution < -0.4 is 0 Å². The Hall–Kier alpha value is -0.620. The molecular weight excluding hydrogens is 266 g/mol. The van der Waals surface area contributed by atoms with Gasteiger partial charge in [-0.25, -0.2) is 8.42 Å². The highest BCUT2D eigenvalue weighted by atomic mass is 32.2. The molecule has 0 spiro atoms. The highest BCUT2D eigenvalue weighted by molar-refractivity contribution is 7.91. The van der Waals surface area contributed by atoms with Gasteiger partial charge < -0.3 is 5.11 Å². The minimum atomic E-state index is -3.07. The van der Waals surface area contributed by atoms with Crippen LogP contribution in [0.4, 0.5) is 0 Å². The van der Waals surface area contributed by atoms with Crippen LogP contribution in [0.15, 0.2) is 0 Å². The Balaban J connectivity index is 2.00. The monoisotopic (exact) mass is 289 g/mol. The van der Waals surface area contributed by atoms with E-state index in [0.717, 1.165) is 12.3 Å². The molecule has 2 atom stereocenters. The topological polar surface area (TPSA) is 74.7 Å². The molecule has 1 N–H and O–H groups in total. The largest absolute Gasteiger partial charge is 0.481 e. The quantitative estimate of drug-likeness (QED) is 0.821. The SMILES string of the molecule is CC(CC1CCC1)N1CCS(=O)(=O)CC1CC(=O)O. The Morgan fingerprint density at radius 3 is 2.63 bits per heavy atom. The van der Waals surface area contributed by atoms with Gasteiger partial charge in [-0.1, -0.05) is 19.3 Å². The zero-order valence-electron chi connectivity index (χ0n) is 11.4. The maximum atomic E-state index is 11.7. The summed E-state index contributed by atoms with van der Waals surface area (Å²) in [7, 11) is -3.07. The van der Waals surface area contributed by atoms with Gasteiger partial charge in [0.05, 0.1) is 17.9 Å². The molecule has 110 valence electrons. The third-order valence-electron chi connectivity index (χ3n) is 4.45. The van der Waals surface area contributed by atoms with Crippen molar-refractivity contribution in [3.8, 4) is 0 Å². The van der Waals surface area contributed by atoms with Crippen LogP contribution in [0.25, 0.3) is 0 Å². The normalized spacial score (nSPS) is 29.6. The van der Waals surface area contributed by atoms with Gasteiger partial charge in [0.1, 0.15) is 0 Å². The average molecular weight is 289 g/mol. The molecule has 0 radical (unpaired) electrons. The first-order chi connectivity index (χ1) is 8.87. The Morgan fingerprint density at radius 1 is 1.42 bits per heavy atom. The number of carboxylic acids is 1. The second kappa shape index (κ2) is 5.79. The van der Waals surface area contributed by atoms with Crippen molar-refractivity contribution in [3.05, 3.63) is 0 Å². The molecule has 0 aromatic carbocycles. The van der Waals surface area contributed by atoms with Crippen LogP contribution in [-0.2, 0) is 14.6 Å². The second-order valence-electron chi connectivity index (χ2n) is 5.99. The van der Waals surface area contributed by atoms with Crippen LogP contribution in [0.3, 0.4) is 0 Å². The first-order valence-corrected chi connectivity index (χ1v) is 8.87. The van der Waals surface area contributed by atoms with E-state index >= 15 is 0 Å². The lowest BCUT2D eigenvalue weighted by molar-refractivity contribution is -0.138. The molecule has 19 heavy (non-hydrogen) atoms. The number of nitrogens with zero attached hydrogens (tertiary/aromatic N) is 1. The van der Waals surface area contributed by atoms with Gasteiger partial charge in [0.15, 0.2) is 9.84 Å². The minimum absolute atomic E-state index is 0.00565. The van der Waals surface area contributed by atoms with Crippen LogP contribution in [0.2, 0.25) is 0 Å². The molecule has 6 heteroatoms. The fourth-order valence-electron chi connectivity index (χ4n) is 3.20. The number of carbonyl (C=O) groups is 1. The van der Waals surface area contributed by atoms with Gasteiger partial charge in [0.2, 0.25) is 0 Å². The molecule has 1 aliphatic carbocycles. The molecular formula is C13H23NO4S. The number of sulfone groups is 1. The number of hydrogen-bond acceptors (Lipinski definition) is 4. The molecule has 1 saturated carbocycles. The van der Waals surface area contributed by atoms with Crippen molar-refractivity contribution in [1.29, 1.82) is 0 Å². The molecule has 2 aliphatic rings. The van der Waals surface area contributed by atoms with Crippen molar-refractivity contribution in [2.45, 2.75) is 51.1 Å². The summed E-state index contributed by atoms with van der Waals surface area (Å²) >= 11 is 0. The standard InChI is InChI=1S/C13H23NO4S/c1-10(7-11-3-2-4-11)14-5-6-19(17,18)9-12(14)8-13(15)16/h10-12H,2-9H2,1H3,(H,15,16). The zero-order chi connectivity index (χ0) is 14.0. The van der Waals surface area contributed by atoms with Gasteiger partial charge in [-0.15, -0.1) is 0 Å². The van der Waals surface area contributed by atoms with Crippen molar-refractivity contribution in [1.82, 2.24) is 4.90 Å². The molecule has 0 aromatic heterocycles. The number of aliphatic carboxylic acids is 1. The van der Waals surface area contributed by atoms with Gasteiger partial charge in [-0.3, -0.25) is 9.69 Å². The van der Waals surface area contributed by atoms with E-state index in [1.807, 2.05) is 0 Å². The first-order valence-electron chi connectivity index (χ1n) is 7.05. The van der Waals surface area contributed by atoms with Crippen molar-refractivity contribution in [2.75, 3.05) is 18.1 Å². The van der Waals surface area contributed by atoms with Crippen LogP contribution in [0.5, 0.6) is 0 Å². The second-order valence-corrected chi connectivity index (χ2v) is 8.21. The van der Waals surface area contributed by atoms with Gasteiger partial charge in [-0.2, -0.15) is 0 Å². The summed E-state index contributed by atoms with van der Waals surface area (Å²) in [6.07, 6.45) is 4.81. The minimum Gasteiger partial charge on any atom is -0.481 e. The number of hydrogen-bond donors (Lipinski definition) is 1. The number of carboxylic acid groups (broad SMARTS) is 1. The Bertz CT molecular complexity index is 430. The predicted octanol–water partition coefficient (Wildman–Crippen LogP) is 1.14. The molecule has 1 saturated heterocycles. The first kappa shape index (κ1) is 14.8. The van der Waals surface area contributed by atoms with Crippen molar-refractivity contribution in [3.63, 3.8) is 0 Å².